The summed E-state index contributed by atoms with van der Waals surface area (Å²) < 4.78 is 1.02. The molecule has 1 aromatic heterocycles. The second kappa shape index (κ2) is 8.80. The number of anilines is 2. The fraction of sp³-hybridized carbons (Fsp3) is 0.333. The van der Waals surface area contributed by atoms with Crippen molar-refractivity contribution in [2.45, 2.75) is 13.3 Å². The number of aryl methyl sites for hydroxylation is 1. The van der Waals surface area contributed by atoms with Crippen LogP contribution in [0.5, 0.6) is 0 Å². The molecule has 2 N–H and O–H groups in total. The van der Waals surface area contributed by atoms with Gasteiger partial charge in [0.15, 0.2) is 0 Å². The van der Waals surface area contributed by atoms with E-state index in [9.17, 15) is 4.79 Å². The van der Waals surface area contributed by atoms with Crippen molar-refractivity contribution in [3.63, 3.8) is 0 Å². The molecule has 0 aliphatic carbocycles. The number of hydrogen-bond acceptors (Lipinski definition) is 4. The van der Waals surface area contributed by atoms with E-state index in [2.05, 4.69) is 50.5 Å². The second-order valence-electron chi connectivity index (χ2n) is 5.93. The zero-order valence-corrected chi connectivity index (χ0v) is 15.9. The van der Waals surface area contributed by atoms with Crippen LogP contribution in [0.1, 0.15) is 22.5 Å². The monoisotopic (exact) mass is 390 g/mol. The van der Waals surface area contributed by atoms with E-state index in [0.29, 0.717) is 5.69 Å². The van der Waals surface area contributed by atoms with Gasteiger partial charge in [-0.15, -0.1) is 0 Å². The maximum absolute atomic E-state index is 12.4. The molecule has 2 rings (SSSR count). The van der Waals surface area contributed by atoms with E-state index in [-0.39, 0.29) is 5.91 Å². The van der Waals surface area contributed by atoms with E-state index in [1.54, 1.807) is 12.3 Å². The number of hydrogen-bond donors (Lipinski definition) is 2. The molecule has 128 valence electrons. The molecule has 0 unspecified atom stereocenters. The maximum Gasteiger partial charge on any atom is 0.274 e. The SMILES string of the molecule is Cc1cc(NC(=O)c2cc(NCCCN(C)C)ccn2)ccc1Br. The normalized spacial score (nSPS) is 10.7. The molecule has 0 saturated heterocycles. The first kappa shape index (κ1) is 18.4. The summed E-state index contributed by atoms with van der Waals surface area (Å²) in [5.41, 5.74) is 3.12. The van der Waals surface area contributed by atoms with Crippen LogP contribution in [0.25, 0.3) is 0 Å². The Morgan fingerprint density at radius 3 is 2.71 bits per heavy atom. The molecule has 1 aromatic carbocycles. The highest BCUT2D eigenvalue weighted by Crippen LogP contribution is 2.20. The highest BCUT2D eigenvalue weighted by molar-refractivity contribution is 9.10. The van der Waals surface area contributed by atoms with Gasteiger partial charge in [-0.05, 0) is 69.9 Å². The molecule has 2 aromatic rings. The van der Waals surface area contributed by atoms with Gasteiger partial charge in [0.25, 0.3) is 5.91 Å². The zero-order valence-electron chi connectivity index (χ0n) is 14.3. The van der Waals surface area contributed by atoms with Gasteiger partial charge >= 0.3 is 0 Å². The lowest BCUT2D eigenvalue weighted by atomic mass is 10.2. The summed E-state index contributed by atoms with van der Waals surface area (Å²) in [6.45, 7) is 3.86. The smallest absolute Gasteiger partial charge is 0.274 e. The Hall–Kier alpha value is -1.92. The van der Waals surface area contributed by atoms with Gasteiger partial charge in [0.2, 0.25) is 0 Å². The Kier molecular flexibility index (Phi) is 6.75. The van der Waals surface area contributed by atoms with E-state index >= 15 is 0 Å². The average Bonchev–Trinajstić information content (AvgIpc) is 2.55. The summed E-state index contributed by atoms with van der Waals surface area (Å²) in [5, 5.41) is 6.20. The zero-order chi connectivity index (χ0) is 17.5. The molecule has 0 bridgehead atoms. The third kappa shape index (κ3) is 5.62. The van der Waals surface area contributed by atoms with Crippen LogP contribution in [0.15, 0.2) is 41.0 Å². The molecule has 24 heavy (non-hydrogen) atoms. The Morgan fingerprint density at radius 1 is 1.21 bits per heavy atom. The van der Waals surface area contributed by atoms with E-state index in [0.717, 1.165) is 40.9 Å². The first-order chi connectivity index (χ1) is 11.5. The van der Waals surface area contributed by atoms with Crippen LogP contribution in [-0.4, -0.2) is 43.0 Å². The molecule has 1 amide bonds. The maximum atomic E-state index is 12.4. The Morgan fingerprint density at radius 2 is 2.00 bits per heavy atom. The van der Waals surface area contributed by atoms with E-state index < -0.39 is 0 Å². The highest BCUT2D eigenvalue weighted by atomic mass is 79.9. The van der Waals surface area contributed by atoms with E-state index in [1.807, 2.05) is 31.2 Å². The molecule has 5 nitrogen and oxygen atoms in total. The number of pyridine rings is 1. The number of nitrogens with zero attached hydrogens (tertiary/aromatic N) is 2. The van der Waals surface area contributed by atoms with Crippen LogP contribution in [0, 0.1) is 6.92 Å². The molecular weight excluding hydrogens is 368 g/mol. The molecule has 1 heterocycles. The third-order valence-electron chi connectivity index (χ3n) is 3.52. The van der Waals surface area contributed by atoms with Gasteiger partial charge in [0, 0.05) is 28.6 Å². The topological polar surface area (TPSA) is 57.3 Å². The Balaban J connectivity index is 1.96. The van der Waals surface area contributed by atoms with Crippen molar-refractivity contribution < 1.29 is 4.79 Å². The number of benzene rings is 1. The van der Waals surface area contributed by atoms with Crippen molar-refractivity contribution in [1.29, 1.82) is 0 Å². The first-order valence-corrected chi connectivity index (χ1v) is 8.67. The molecule has 0 spiro atoms. The van der Waals surface area contributed by atoms with Gasteiger partial charge in [-0.3, -0.25) is 9.78 Å². The number of carbonyl (C=O) groups is 1. The van der Waals surface area contributed by atoms with Crippen molar-refractivity contribution in [1.82, 2.24) is 9.88 Å². The number of aromatic nitrogens is 1. The van der Waals surface area contributed by atoms with Crippen molar-refractivity contribution >= 4 is 33.2 Å². The fourth-order valence-electron chi connectivity index (χ4n) is 2.21. The quantitative estimate of drug-likeness (QED) is 0.706. The summed E-state index contributed by atoms with van der Waals surface area (Å²) in [6, 6.07) is 9.34. The molecule has 0 radical (unpaired) electrons. The Bertz CT molecular complexity index is 703. The van der Waals surface area contributed by atoms with Gasteiger partial charge in [0.05, 0.1) is 0 Å². The average molecular weight is 391 g/mol. The van der Waals surface area contributed by atoms with Crippen molar-refractivity contribution in [2.24, 2.45) is 0 Å². The highest BCUT2D eigenvalue weighted by Gasteiger charge is 2.09. The minimum absolute atomic E-state index is 0.214. The third-order valence-corrected chi connectivity index (χ3v) is 4.41. The summed E-state index contributed by atoms with van der Waals surface area (Å²) >= 11 is 3.45. The minimum Gasteiger partial charge on any atom is -0.385 e. The van der Waals surface area contributed by atoms with Crippen LogP contribution in [0.2, 0.25) is 0 Å². The van der Waals surface area contributed by atoms with Crippen LogP contribution in [-0.2, 0) is 0 Å². The summed E-state index contributed by atoms with van der Waals surface area (Å²) in [7, 11) is 4.11. The second-order valence-corrected chi connectivity index (χ2v) is 6.79. The van der Waals surface area contributed by atoms with Crippen LogP contribution < -0.4 is 10.6 Å². The van der Waals surface area contributed by atoms with Crippen LogP contribution >= 0.6 is 15.9 Å². The fourth-order valence-corrected chi connectivity index (χ4v) is 2.46. The number of rotatable bonds is 7. The minimum atomic E-state index is -0.214. The lowest BCUT2D eigenvalue weighted by Gasteiger charge is -2.11. The molecule has 6 heteroatoms. The van der Waals surface area contributed by atoms with Crippen molar-refractivity contribution in [2.75, 3.05) is 37.8 Å². The number of amides is 1. The largest absolute Gasteiger partial charge is 0.385 e. The molecule has 0 fully saturated rings. The number of carbonyl (C=O) groups excluding carboxylic acids is 1. The standard InChI is InChI=1S/C18H23BrN4O/c1-13-11-15(5-6-16(13)19)22-18(24)17-12-14(7-9-21-17)20-8-4-10-23(2)3/h5-7,9,11-12H,4,8,10H2,1-3H3,(H,20,21)(H,22,24). The molecule has 0 saturated carbocycles. The van der Waals surface area contributed by atoms with Crippen LogP contribution in [0.4, 0.5) is 11.4 Å². The van der Waals surface area contributed by atoms with E-state index in [4.69, 9.17) is 0 Å². The summed E-state index contributed by atoms with van der Waals surface area (Å²) in [5.74, 6) is -0.214. The van der Waals surface area contributed by atoms with Crippen molar-refractivity contribution in [3.05, 3.63) is 52.3 Å². The molecule has 0 aliphatic heterocycles. The van der Waals surface area contributed by atoms with E-state index in [1.165, 1.54) is 0 Å². The lowest BCUT2D eigenvalue weighted by Crippen LogP contribution is -2.17. The first-order valence-electron chi connectivity index (χ1n) is 7.88. The number of nitrogens with one attached hydrogen (secondary N) is 2. The van der Waals surface area contributed by atoms with Gasteiger partial charge in [-0.2, -0.15) is 0 Å². The lowest BCUT2D eigenvalue weighted by molar-refractivity contribution is 0.102. The molecule has 0 aliphatic rings. The molecular formula is C18H23BrN4O. The van der Waals surface area contributed by atoms with Gasteiger partial charge < -0.3 is 15.5 Å². The van der Waals surface area contributed by atoms with Gasteiger partial charge in [-0.25, -0.2) is 0 Å². The predicted octanol–water partition coefficient (Wildman–Crippen LogP) is 3.77. The van der Waals surface area contributed by atoms with Gasteiger partial charge in [-0.1, -0.05) is 15.9 Å². The van der Waals surface area contributed by atoms with Crippen molar-refractivity contribution in [3.8, 4) is 0 Å². The summed E-state index contributed by atoms with van der Waals surface area (Å²) in [4.78, 5) is 18.7. The van der Waals surface area contributed by atoms with Crippen LogP contribution in [0.3, 0.4) is 0 Å². The Labute approximate surface area is 151 Å². The summed E-state index contributed by atoms with van der Waals surface area (Å²) in [6.07, 6.45) is 2.69. The molecule has 0 atom stereocenters. The number of halogens is 1. The predicted molar refractivity (Wildman–Crippen MR) is 103 cm³/mol. The van der Waals surface area contributed by atoms with Gasteiger partial charge in [0.1, 0.15) is 5.69 Å².